The lowest BCUT2D eigenvalue weighted by atomic mass is 10.2. The van der Waals surface area contributed by atoms with Crippen molar-refractivity contribution in [3.63, 3.8) is 0 Å². The van der Waals surface area contributed by atoms with E-state index >= 15 is 0 Å². The fraction of sp³-hybridized carbons (Fsp3) is 0.500. The summed E-state index contributed by atoms with van der Waals surface area (Å²) in [4.78, 5) is 0. The van der Waals surface area contributed by atoms with E-state index in [0.717, 1.165) is 34.3 Å². The molecule has 0 bridgehead atoms. The van der Waals surface area contributed by atoms with Crippen LogP contribution in [0, 0.1) is 0 Å². The second-order valence-corrected chi connectivity index (χ2v) is 5.54. The van der Waals surface area contributed by atoms with Crippen molar-refractivity contribution in [1.29, 1.82) is 0 Å². The minimum Gasteiger partial charge on any atom is -0.392 e. The van der Waals surface area contributed by atoms with Crippen LogP contribution in [-0.4, -0.2) is 17.3 Å². The van der Waals surface area contributed by atoms with Crippen molar-refractivity contribution in [1.82, 2.24) is 5.32 Å². The van der Waals surface area contributed by atoms with E-state index in [0.29, 0.717) is 6.54 Å². The van der Waals surface area contributed by atoms with E-state index in [1.807, 2.05) is 18.2 Å². The number of aliphatic hydroxyl groups excluding tert-OH is 1. The SMILES string of the molecule is OC1CCCC1NCc1cc(Br)ccc1Cl. The summed E-state index contributed by atoms with van der Waals surface area (Å²) in [6.07, 6.45) is 2.85. The van der Waals surface area contributed by atoms with E-state index in [1.165, 1.54) is 0 Å². The fourth-order valence-corrected chi connectivity index (χ4v) is 2.69. The molecule has 0 radical (unpaired) electrons. The minimum absolute atomic E-state index is 0.203. The number of hydrogen-bond acceptors (Lipinski definition) is 2. The molecule has 1 fully saturated rings. The molecule has 0 spiro atoms. The molecule has 2 rings (SSSR count). The molecule has 0 amide bonds. The Labute approximate surface area is 109 Å². The van der Waals surface area contributed by atoms with Gasteiger partial charge in [-0.1, -0.05) is 27.5 Å². The van der Waals surface area contributed by atoms with E-state index in [-0.39, 0.29) is 12.1 Å². The van der Waals surface area contributed by atoms with Gasteiger partial charge in [-0.15, -0.1) is 0 Å². The fourth-order valence-electron chi connectivity index (χ4n) is 2.10. The average Bonchev–Trinajstić information content (AvgIpc) is 2.66. The maximum Gasteiger partial charge on any atom is 0.0693 e. The quantitative estimate of drug-likeness (QED) is 0.899. The van der Waals surface area contributed by atoms with Gasteiger partial charge in [0, 0.05) is 22.1 Å². The van der Waals surface area contributed by atoms with E-state index in [4.69, 9.17) is 11.6 Å². The third-order valence-corrected chi connectivity index (χ3v) is 3.90. The molecule has 0 aromatic heterocycles. The molecule has 88 valence electrons. The second-order valence-electron chi connectivity index (χ2n) is 4.22. The van der Waals surface area contributed by atoms with Crippen molar-refractivity contribution in [2.75, 3.05) is 0 Å². The molecular formula is C12H15BrClNO. The summed E-state index contributed by atoms with van der Waals surface area (Å²) in [7, 11) is 0. The van der Waals surface area contributed by atoms with E-state index in [2.05, 4.69) is 21.2 Å². The molecule has 0 heterocycles. The van der Waals surface area contributed by atoms with E-state index in [9.17, 15) is 5.11 Å². The van der Waals surface area contributed by atoms with Crippen molar-refractivity contribution in [2.45, 2.75) is 38.0 Å². The average molecular weight is 305 g/mol. The van der Waals surface area contributed by atoms with E-state index in [1.54, 1.807) is 0 Å². The molecule has 2 N–H and O–H groups in total. The molecular weight excluding hydrogens is 289 g/mol. The molecule has 1 aromatic rings. The monoisotopic (exact) mass is 303 g/mol. The third-order valence-electron chi connectivity index (χ3n) is 3.04. The summed E-state index contributed by atoms with van der Waals surface area (Å²) in [6, 6.07) is 6.04. The lowest BCUT2D eigenvalue weighted by Crippen LogP contribution is -2.35. The smallest absolute Gasteiger partial charge is 0.0693 e. The summed E-state index contributed by atoms with van der Waals surface area (Å²) >= 11 is 9.52. The molecule has 2 unspecified atom stereocenters. The Morgan fingerprint density at radius 3 is 2.94 bits per heavy atom. The lowest BCUT2D eigenvalue weighted by molar-refractivity contribution is 0.148. The molecule has 1 aliphatic carbocycles. The maximum atomic E-state index is 9.69. The van der Waals surface area contributed by atoms with Crippen molar-refractivity contribution in [3.05, 3.63) is 33.3 Å². The Hall–Kier alpha value is -0.0900. The van der Waals surface area contributed by atoms with Gasteiger partial charge in [0.15, 0.2) is 0 Å². The zero-order chi connectivity index (χ0) is 11.5. The number of hydrogen-bond donors (Lipinski definition) is 2. The zero-order valence-corrected chi connectivity index (χ0v) is 11.3. The van der Waals surface area contributed by atoms with Crippen LogP contribution in [0.1, 0.15) is 24.8 Å². The van der Waals surface area contributed by atoms with Crippen LogP contribution < -0.4 is 5.32 Å². The topological polar surface area (TPSA) is 32.3 Å². The Kier molecular flexibility index (Phi) is 4.25. The van der Waals surface area contributed by atoms with Gasteiger partial charge >= 0.3 is 0 Å². The highest BCUT2D eigenvalue weighted by molar-refractivity contribution is 9.10. The van der Waals surface area contributed by atoms with Crippen LogP contribution in [0.3, 0.4) is 0 Å². The normalized spacial score (nSPS) is 24.9. The summed E-state index contributed by atoms with van der Waals surface area (Å²) in [5, 5.41) is 13.8. The maximum absolute atomic E-state index is 9.69. The highest BCUT2D eigenvalue weighted by atomic mass is 79.9. The number of aliphatic hydroxyl groups is 1. The van der Waals surface area contributed by atoms with Gasteiger partial charge in [-0.3, -0.25) is 0 Å². The van der Waals surface area contributed by atoms with Crippen LogP contribution in [0.4, 0.5) is 0 Å². The standard InChI is InChI=1S/C12H15BrClNO/c13-9-4-5-10(14)8(6-9)7-15-11-2-1-3-12(11)16/h4-6,11-12,15-16H,1-3,7H2. The van der Waals surface area contributed by atoms with Crippen molar-refractivity contribution in [3.8, 4) is 0 Å². The number of nitrogens with one attached hydrogen (secondary N) is 1. The Balaban J connectivity index is 1.96. The minimum atomic E-state index is -0.203. The molecule has 1 aliphatic rings. The molecule has 0 saturated heterocycles. The van der Waals surface area contributed by atoms with Crippen molar-refractivity contribution in [2.24, 2.45) is 0 Å². The van der Waals surface area contributed by atoms with Crippen LogP contribution in [0.25, 0.3) is 0 Å². The molecule has 2 atom stereocenters. The van der Waals surface area contributed by atoms with Crippen molar-refractivity contribution >= 4 is 27.5 Å². The molecule has 1 saturated carbocycles. The van der Waals surface area contributed by atoms with Gasteiger partial charge in [-0.25, -0.2) is 0 Å². The summed E-state index contributed by atoms with van der Waals surface area (Å²) in [5.74, 6) is 0. The largest absolute Gasteiger partial charge is 0.392 e. The highest BCUT2D eigenvalue weighted by Crippen LogP contribution is 2.23. The van der Waals surface area contributed by atoms with Crippen LogP contribution in [-0.2, 0) is 6.54 Å². The summed E-state index contributed by atoms with van der Waals surface area (Å²) < 4.78 is 1.03. The van der Waals surface area contributed by atoms with Gasteiger partial charge in [0.1, 0.15) is 0 Å². The number of halogens is 2. The third kappa shape index (κ3) is 2.98. The Morgan fingerprint density at radius 1 is 1.44 bits per heavy atom. The number of benzene rings is 1. The van der Waals surface area contributed by atoms with Gasteiger partial charge in [-0.2, -0.15) is 0 Å². The van der Waals surface area contributed by atoms with Crippen LogP contribution in [0.15, 0.2) is 22.7 Å². The van der Waals surface area contributed by atoms with Gasteiger partial charge in [-0.05, 0) is 43.0 Å². The zero-order valence-electron chi connectivity index (χ0n) is 8.92. The first-order chi connectivity index (χ1) is 7.66. The molecule has 1 aromatic carbocycles. The first kappa shape index (κ1) is 12.4. The summed E-state index contributed by atoms with van der Waals surface area (Å²) in [5.41, 5.74) is 1.06. The van der Waals surface area contributed by atoms with Crippen molar-refractivity contribution < 1.29 is 5.11 Å². The molecule has 2 nitrogen and oxygen atoms in total. The molecule has 4 heteroatoms. The van der Waals surface area contributed by atoms with Gasteiger partial charge < -0.3 is 10.4 Å². The lowest BCUT2D eigenvalue weighted by Gasteiger charge is -2.17. The van der Waals surface area contributed by atoms with E-state index < -0.39 is 0 Å². The first-order valence-electron chi connectivity index (χ1n) is 5.52. The second kappa shape index (κ2) is 5.50. The van der Waals surface area contributed by atoms with Crippen LogP contribution in [0.2, 0.25) is 5.02 Å². The summed E-state index contributed by atoms with van der Waals surface area (Å²) in [6.45, 7) is 0.708. The van der Waals surface area contributed by atoms with Gasteiger partial charge in [0.25, 0.3) is 0 Å². The van der Waals surface area contributed by atoms with Gasteiger partial charge in [0.05, 0.1) is 6.10 Å². The van der Waals surface area contributed by atoms with Crippen LogP contribution in [0.5, 0.6) is 0 Å². The Morgan fingerprint density at radius 2 is 2.25 bits per heavy atom. The number of rotatable bonds is 3. The predicted molar refractivity (Wildman–Crippen MR) is 69.6 cm³/mol. The molecule has 16 heavy (non-hydrogen) atoms. The first-order valence-corrected chi connectivity index (χ1v) is 6.69. The highest BCUT2D eigenvalue weighted by Gasteiger charge is 2.24. The van der Waals surface area contributed by atoms with Crippen LogP contribution >= 0.6 is 27.5 Å². The Bertz CT molecular complexity index is 372. The predicted octanol–water partition coefficient (Wildman–Crippen LogP) is 3.11. The van der Waals surface area contributed by atoms with Gasteiger partial charge in [0.2, 0.25) is 0 Å². The molecule has 0 aliphatic heterocycles.